The van der Waals surface area contributed by atoms with Crippen molar-refractivity contribution in [3.8, 4) is 5.69 Å². The molecule has 0 aliphatic carbocycles. The van der Waals surface area contributed by atoms with Crippen LogP contribution in [-0.2, 0) is 20.7 Å². The second-order valence-corrected chi connectivity index (χ2v) is 10.4. The summed E-state index contributed by atoms with van der Waals surface area (Å²) in [6.07, 6.45) is 0.905. The Balaban J connectivity index is 2.10. The highest BCUT2D eigenvalue weighted by atomic mass is 19.2. The molecule has 4 aromatic rings. The molecule has 0 unspecified atom stereocenters. The van der Waals surface area contributed by atoms with E-state index in [0.717, 1.165) is 28.8 Å². The molecule has 7 nitrogen and oxygen atoms in total. The summed E-state index contributed by atoms with van der Waals surface area (Å²) in [5.41, 5.74) is 2.68. The Morgan fingerprint density at radius 1 is 1.03 bits per heavy atom. The molecule has 2 heterocycles. The van der Waals surface area contributed by atoms with Crippen molar-refractivity contribution >= 4 is 33.7 Å². The molecule has 0 aliphatic heterocycles. The summed E-state index contributed by atoms with van der Waals surface area (Å²) in [6, 6.07) is 7.49. The largest absolute Gasteiger partial charge is 0.467 e. The minimum Gasteiger partial charge on any atom is -0.467 e. The van der Waals surface area contributed by atoms with Crippen molar-refractivity contribution in [1.82, 2.24) is 14.3 Å². The maximum atomic E-state index is 14.4. The van der Waals surface area contributed by atoms with Crippen molar-refractivity contribution in [2.24, 2.45) is 5.41 Å². The van der Waals surface area contributed by atoms with Gasteiger partial charge in [-0.05, 0) is 35.7 Å². The van der Waals surface area contributed by atoms with Crippen LogP contribution in [-0.4, -0.2) is 46.5 Å². The van der Waals surface area contributed by atoms with Gasteiger partial charge in [0.15, 0.2) is 17.7 Å². The first-order chi connectivity index (χ1) is 17.4. The maximum Gasteiger partial charge on any atom is 0.335 e. The lowest BCUT2D eigenvalue weighted by molar-refractivity contribution is -0.152. The van der Waals surface area contributed by atoms with Crippen LogP contribution in [0.5, 0.6) is 0 Å². The van der Waals surface area contributed by atoms with Crippen LogP contribution in [0.3, 0.4) is 0 Å². The molecule has 9 heteroatoms. The Morgan fingerprint density at radius 2 is 1.73 bits per heavy atom. The van der Waals surface area contributed by atoms with Gasteiger partial charge in [0, 0.05) is 47.2 Å². The van der Waals surface area contributed by atoms with Crippen LogP contribution in [0, 0.1) is 17.0 Å². The zero-order valence-electron chi connectivity index (χ0n) is 22.1. The second kappa shape index (κ2) is 9.70. The summed E-state index contributed by atoms with van der Waals surface area (Å²) in [5.74, 6) is -2.68. The first-order valence-electron chi connectivity index (χ1n) is 12.0. The van der Waals surface area contributed by atoms with Crippen molar-refractivity contribution in [1.29, 1.82) is 0 Å². The van der Waals surface area contributed by atoms with E-state index in [1.165, 1.54) is 25.0 Å². The Bertz CT molecular complexity index is 1510. The molecule has 0 aliphatic rings. The number of rotatable bonds is 6. The summed E-state index contributed by atoms with van der Waals surface area (Å²) in [5, 5.41) is 5.81. The standard InChI is InChI=1S/C28H31F2N3O4/c1-15(2)25-19(13-24(36-6)26(34)37-7)18-12-22-16(14-31-33(22)27(35)28(3,4)5)10-23(18)32(25)17-8-9-20(29)21(30)11-17/h8-12,14-15,24H,13H2,1-7H3/t24-/m1/s1. The van der Waals surface area contributed by atoms with E-state index in [0.29, 0.717) is 22.1 Å². The Labute approximate surface area is 214 Å². The van der Waals surface area contributed by atoms with Gasteiger partial charge >= 0.3 is 5.97 Å². The van der Waals surface area contributed by atoms with Gasteiger partial charge in [0.1, 0.15) is 0 Å². The fourth-order valence-electron chi connectivity index (χ4n) is 4.67. The number of carbonyl (C=O) groups is 2. The number of halogens is 2. The topological polar surface area (TPSA) is 75.4 Å². The fourth-order valence-corrected chi connectivity index (χ4v) is 4.67. The Hall–Kier alpha value is -3.59. The molecule has 37 heavy (non-hydrogen) atoms. The van der Waals surface area contributed by atoms with Crippen molar-refractivity contribution < 1.29 is 27.8 Å². The van der Waals surface area contributed by atoms with E-state index in [1.807, 2.05) is 51.3 Å². The number of fused-ring (bicyclic) bond motifs is 2. The normalized spacial score (nSPS) is 13.0. The van der Waals surface area contributed by atoms with Crippen molar-refractivity contribution in [2.45, 2.75) is 53.1 Å². The third-order valence-corrected chi connectivity index (χ3v) is 6.48. The lowest BCUT2D eigenvalue weighted by Gasteiger charge is -2.18. The van der Waals surface area contributed by atoms with Crippen molar-refractivity contribution in [3.05, 3.63) is 59.4 Å². The van der Waals surface area contributed by atoms with Gasteiger partial charge < -0.3 is 14.0 Å². The molecule has 196 valence electrons. The minimum atomic E-state index is -0.968. The van der Waals surface area contributed by atoms with E-state index >= 15 is 0 Å². The Kier molecular flexibility index (Phi) is 6.94. The lowest BCUT2D eigenvalue weighted by Crippen LogP contribution is -2.27. The van der Waals surface area contributed by atoms with Crippen LogP contribution in [0.25, 0.3) is 27.5 Å². The van der Waals surface area contributed by atoms with E-state index in [2.05, 4.69) is 5.10 Å². The summed E-state index contributed by atoms with van der Waals surface area (Å²) in [6.45, 7) is 9.44. The third-order valence-electron chi connectivity index (χ3n) is 6.48. The number of hydrogen-bond donors (Lipinski definition) is 0. The number of hydrogen-bond acceptors (Lipinski definition) is 5. The fraction of sp³-hybridized carbons (Fsp3) is 0.393. The monoisotopic (exact) mass is 511 g/mol. The molecule has 2 aromatic heterocycles. The molecule has 0 amide bonds. The van der Waals surface area contributed by atoms with E-state index in [9.17, 15) is 18.4 Å². The number of ether oxygens (including phenoxy) is 2. The molecular formula is C28H31F2N3O4. The quantitative estimate of drug-likeness (QED) is 0.306. The first kappa shape index (κ1) is 26.5. The SMILES string of the molecule is COC(=O)[C@@H](Cc1c(C(C)C)n(-c2ccc(F)c(F)c2)c2cc3cnn(C(=O)C(C)(C)C)c3cc12)OC. The zero-order chi connectivity index (χ0) is 27.2. The van der Waals surface area contributed by atoms with Gasteiger partial charge in [-0.15, -0.1) is 0 Å². The lowest BCUT2D eigenvalue weighted by atomic mass is 9.95. The number of nitrogens with zero attached hydrogens (tertiary/aromatic N) is 3. The Morgan fingerprint density at radius 3 is 2.30 bits per heavy atom. The number of esters is 1. The van der Waals surface area contributed by atoms with Crippen LogP contribution < -0.4 is 0 Å². The smallest absolute Gasteiger partial charge is 0.335 e. The van der Waals surface area contributed by atoms with E-state index < -0.39 is 29.1 Å². The first-order valence-corrected chi connectivity index (χ1v) is 12.0. The van der Waals surface area contributed by atoms with Gasteiger partial charge in [-0.2, -0.15) is 9.78 Å². The molecule has 0 radical (unpaired) electrons. The molecule has 0 saturated carbocycles. The van der Waals surface area contributed by atoms with E-state index in [1.54, 1.807) is 6.20 Å². The summed E-state index contributed by atoms with van der Waals surface area (Å²) in [7, 11) is 2.73. The number of methoxy groups -OCH3 is 2. The van der Waals surface area contributed by atoms with Crippen LogP contribution in [0.2, 0.25) is 0 Å². The summed E-state index contributed by atoms with van der Waals surface area (Å²) >= 11 is 0. The van der Waals surface area contributed by atoms with Gasteiger partial charge in [0.2, 0.25) is 0 Å². The maximum absolute atomic E-state index is 14.4. The highest BCUT2D eigenvalue weighted by Gasteiger charge is 2.29. The van der Waals surface area contributed by atoms with Crippen molar-refractivity contribution in [2.75, 3.05) is 14.2 Å². The van der Waals surface area contributed by atoms with Crippen LogP contribution in [0.15, 0.2) is 36.5 Å². The van der Waals surface area contributed by atoms with Gasteiger partial charge in [-0.25, -0.2) is 13.6 Å². The molecule has 0 saturated heterocycles. The van der Waals surface area contributed by atoms with Gasteiger partial charge in [-0.1, -0.05) is 34.6 Å². The average Bonchev–Trinajstić information content (AvgIpc) is 3.39. The zero-order valence-corrected chi connectivity index (χ0v) is 22.1. The number of carbonyl (C=O) groups excluding carboxylic acids is 2. The third kappa shape index (κ3) is 4.64. The molecule has 2 aromatic carbocycles. The van der Waals surface area contributed by atoms with Crippen LogP contribution >= 0.6 is 0 Å². The molecule has 4 rings (SSSR count). The highest BCUT2D eigenvalue weighted by Crippen LogP contribution is 2.38. The average molecular weight is 512 g/mol. The second-order valence-electron chi connectivity index (χ2n) is 10.4. The van der Waals surface area contributed by atoms with Crippen LogP contribution in [0.4, 0.5) is 8.78 Å². The summed E-state index contributed by atoms with van der Waals surface area (Å²) in [4.78, 5) is 25.6. The molecular weight excluding hydrogens is 480 g/mol. The predicted molar refractivity (Wildman–Crippen MR) is 137 cm³/mol. The van der Waals surface area contributed by atoms with Gasteiger partial charge in [0.25, 0.3) is 5.91 Å². The minimum absolute atomic E-state index is 0.0681. The molecule has 0 bridgehead atoms. The van der Waals surface area contributed by atoms with Gasteiger partial charge in [-0.3, -0.25) is 4.79 Å². The van der Waals surface area contributed by atoms with E-state index in [-0.39, 0.29) is 18.2 Å². The predicted octanol–water partition coefficient (Wildman–Crippen LogP) is 5.80. The van der Waals surface area contributed by atoms with Crippen molar-refractivity contribution in [3.63, 3.8) is 0 Å². The molecule has 0 spiro atoms. The number of aromatic nitrogens is 3. The molecule has 0 N–H and O–H groups in total. The van der Waals surface area contributed by atoms with E-state index in [4.69, 9.17) is 9.47 Å². The number of benzene rings is 2. The molecule has 0 fully saturated rings. The highest BCUT2D eigenvalue weighted by molar-refractivity contribution is 6.02. The van der Waals surface area contributed by atoms with Crippen LogP contribution in [0.1, 0.15) is 56.6 Å². The van der Waals surface area contributed by atoms with Gasteiger partial charge in [0.05, 0.1) is 24.3 Å². The molecule has 1 atom stereocenters. The summed E-state index contributed by atoms with van der Waals surface area (Å²) < 4.78 is 41.8.